The molecule has 0 fully saturated rings. The van der Waals surface area contributed by atoms with Gasteiger partial charge in [0.25, 0.3) is 0 Å². The standard InChI is InChI=1S/C12H14BrNOS/c1-2-14-11(7-10-4-3-5-15-10)12-6-9(13)8-16-12/h3-6,8,11,14H,2,7H2,1H3. The SMILES string of the molecule is CCNC(Cc1ccco1)c1cc(Br)cs1. The second kappa shape index (κ2) is 5.66. The third-order valence-electron chi connectivity index (χ3n) is 2.37. The number of halogens is 1. The largest absolute Gasteiger partial charge is 0.469 e. The predicted octanol–water partition coefficient (Wildman–Crippen LogP) is 4.00. The fourth-order valence-corrected chi connectivity index (χ4v) is 3.18. The fraction of sp³-hybridized carbons (Fsp3) is 0.333. The zero-order valence-corrected chi connectivity index (χ0v) is 11.5. The van der Waals surface area contributed by atoms with Gasteiger partial charge >= 0.3 is 0 Å². The first-order valence-corrected chi connectivity index (χ1v) is 6.96. The van der Waals surface area contributed by atoms with Crippen LogP contribution in [0.25, 0.3) is 0 Å². The van der Waals surface area contributed by atoms with Crippen molar-refractivity contribution in [2.75, 3.05) is 6.54 Å². The van der Waals surface area contributed by atoms with Crippen molar-refractivity contribution in [3.05, 3.63) is 45.0 Å². The zero-order valence-electron chi connectivity index (χ0n) is 9.07. The van der Waals surface area contributed by atoms with Gasteiger partial charge in [-0.3, -0.25) is 0 Å². The van der Waals surface area contributed by atoms with Gasteiger partial charge in [-0.25, -0.2) is 0 Å². The number of likely N-dealkylation sites (N-methyl/N-ethyl adjacent to an activating group) is 1. The third kappa shape index (κ3) is 2.97. The molecule has 0 aliphatic heterocycles. The second-order valence-electron chi connectivity index (χ2n) is 3.56. The summed E-state index contributed by atoms with van der Waals surface area (Å²) in [5.74, 6) is 1.02. The highest BCUT2D eigenvalue weighted by molar-refractivity contribution is 9.10. The molecule has 0 saturated heterocycles. The number of rotatable bonds is 5. The van der Waals surface area contributed by atoms with Gasteiger partial charge in [0.15, 0.2) is 0 Å². The number of nitrogens with one attached hydrogen (secondary N) is 1. The van der Waals surface area contributed by atoms with Crippen LogP contribution in [0, 0.1) is 0 Å². The molecule has 2 heterocycles. The molecule has 86 valence electrons. The van der Waals surface area contributed by atoms with E-state index >= 15 is 0 Å². The van der Waals surface area contributed by atoms with Gasteiger partial charge in [0.05, 0.1) is 6.26 Å². The van der Waals surface area contributed by atoms with E-state index in [1.807, 2.05) is 12.1 Å². The molecule has 2 nitrogen and oxygen atoms in total. The molecule has 1 unspecified atom stereocenters. The van der Waals surface area contributed by atoms with Crippen molar-refractivity contribution in [1.29, 1.82) is 0 Å². The van der Waals surface area contributed by atoms with E-state index in [9.17, 15) is 0 Å². The lowest BCUT2D eigenvalue weighted by molar-refractivity contribution is 0.458. The molecular weight excluding hydrogens is 286 g/mol. The van der Waals surface area contributed by atoms with E-state index in [1.54, 1.807) is 17.6 Å². The molecule has 0 aromatic carbocycles. The monoisotopic (exact) mass is 299 g/mol. The lowest BCUT2D eigenvalue weighted by Gasteiger charge is -2.14. The molecule has 0 saturated carbocycles. The van der Waals surface area contributed by atoms with Crippen LogP contribution >= 0.6 is 27.3 Å². The van der Waals surface area contributed by atoms with Gasteiger partial charge in [0.1, 0.15) is 5.76 Å². The van der Waals surface area contributed by atoms with Crippen molar-refractivity contribution in [3.63, 3.8) is 0 Å². The molecule has 0 aliphatic carbocycles. The van der Waals surface area contributed by atoms with Gasteiger partial charge in [-0.2, -0.15) is 0 Å². The summed E-state index contributed by atoms with van der Waals surface area (Å²) in [6.07, 6.45) is 2.62. The van der Waals surface area contributed by atoms with Crippen LogP contribution in [-0.4, -0.2) is 6.54 Å². The molecule has 4 heteroatoms. The average Bonchev–Trinajstić information content (AvgIpc) is 2.88. The Morgan fingerprint density at radius 1 is 1.56 bits per heavy atom. The van der Waals surface area contributed by atoms with Crippen LogP contribution in [-0.2, 0) is 6.42 Å². The van der Waals surface area contributed by atoms with Crippen molar-refractivity contribution >= 4 is 27.3 Å². The topological polar surface area (TPSA) is 25.2 Å². The first-order chi connectivity index (χ1) is 7.79. The van der Waals surface area contributed by atoms with E-state index < -0.39 is 0 Å². The maximum Gasteiger partial charge on any atom is 0.105 e. The number of hydrogen-bond donors (Lipinski definition) is 1. The Balaban J connectivity index is 2.11. The van der Waals surface area contributed by atoms with Gasteiger partial charge in [-0.15, -0.1) is 11.3 Å². The quantitative estimate of drug-likeness (QED) is 0.903. The van der Waals surface area contributed by atoms with Crippen LogP contribution in [0.15, 0.2) is 38.7 Å². The Kier molecular flexibility index (Phi) is 4.21. The van der Waals surface area contributed by atoms with Crippen LogP contribution < -0.4 is 5.32 Å². The molecule has 1 atom stereocenters. The smallest absolute Gasteiger partial charge is 0.105 e. The molecular formula is C12H14BrNOS. The molecule has 0 spiro atoms. The lowest BCUT2D eigenvalue weighted by Crippen LogP contribution is -2.21. The second-order valence-corrected chi connectivity index (χ2v) is 5.42. The van der Waals surface area contributed by atoms with Crippen LogP contribution in [0.1, 0.15) is 23.6 Å². The lowest BCUT2D eigenvalue weighted by atomic mass is 10.1. The van der Waals surface area contributed by atoms with Crippen LogP contribution in [0.5, 0.6) is 0 Å². The highest BCUT2D eigenvalue weighted by atomic mass is 79.9. The van der Waals surface area contributed by atoms with Crippen molar-refractivity contribution in [3.8, 4) is 0 Å². The molecule has 1 N–H and O–H groups in total. The van der Waals surface area contributed by atoms with Gasteiger partial charge in [-0.1, -0.05) is 6.92 Å². The van der Waals surface area contributed by atoms with Crippen molar-refractivity contribution < 1.29 is 4.42 Å². The average molecular weight is 300 g/mol. The highest BCUT2D eigenvalue weighted by Crippen LogP contribution is 2.27. The molecule has 2 rings (SSSR count). The van der Waals surface area contributed by atoms with Crippen molar-refractivity contribution in [2.24, 2.45) is 0 Å². The van der Waals surface area contributed by atoms with Crippen molar-refractivity contribution in [2.45, 2.75) is 19.4 Å². The van der Waals surface area contributed by atoms with E-state index in [1.165, 1.54) is 4.88 Å². The van der Waals surface area contributed by atoms with Gasteiger partial charge in [-0.05, 0) is 40.7 Å². The first-order valence-electron chi connectivity index (χ1n) is 5.29. The predicted molar refractivity (Wildman–Crippen MR) is 70.8 cm³/mol. The molecule has 0 amide bonds. The van der Waals surface area contributed by atoms with E-state index in [0.717, 1.165) is 23.2 Å². The third-order valence-corrected chi connectivity index (χ3v) is 4.17. The van der Waals surface area contributed by atoms with E-state index in [-0.39, 0.29) is 0 Å². The van der Waals surface area contributed by atoms with E-state index in [4.69, 9.17) is 4.42 Å². The normalized spacial score (nSPS) is 12.9. The number of thiophene rings is 1. The summed E-state index contributed by atoms with van der Waals surface area (Å²) in [6.45, 7) is 3.08. The molecule has 0 radical (unpaired) electrons. The van der Waals surface area contributed by atoms with E-state index in [2.05, 4.69) is 39.6 Å². The van der Waals surface area contributed by atoms with Gasteiger partial charge in [0, 0.05) is 27.2 Å². The summed E-state index contributed by atoms with van der Waals surface area (Å²) in [6, 6.07) is 6.46. The summed E-state index contributed by atoms with van der Waals surface area (Å²) in [5.41, 5.74) is 0. The van der Waals surface area contributed by atoms with E-state index in [0.29, 0.717) is 6.04 Å². The Bertz CT molecular complexity index is 424. The molecule has 2 aromatic rings. The van der Waals surface area contributed by atoms with Crippen LogP contribution in [0.3, 0.4) is 0 Å². The molecule has 16 heavy (non-hydrogen) atoms. The highest BCUT2D eigenvalue weighted by Gasteiger charge is 2.14. The minimum Gasteiger partial charge on any atom is -0.469 e. The molecule has 2 aromatic heterocycles. The van der Waals surface area contributed by atoms with Gasteiger partial charge in [0.2, 0.25) is 0 Å². The zero-order chi connectivity index (χ0) is 11.4. The summed E-state index contributed by atoms with van der Waals surface area (Å²) in [5, 5.41) is 5.59. The Hall–Kier alpha value is -0.580. The van der Waals surface area contributed by atoms with Crippen molar-refractivity contribution in [1.82, 2.24) is 5.32 Å². The Labute approximate surface area is 108 Å². The summed E-state index contributed by atoms with van der Waals surface area (Å²) >= 11 is 5.26. The molecule has 0 aliphatic rings. The Morgan fingerprint density at radius 3 is 3.00 bits per heavy atom. The van der Waals surface area contributed by atoms with Gasteiger partial charge < -0.3 is 9.73 Å². The van der Waals surface area contributed by atoms with Crippen LogP contribution in [0.2, 0.25) is 0 Å². The maximum absolute atomic E-state index is 5.39. The number of furan rings is 1. The molecule has 0 bridgehead atoms. The summed E-state index contributed by atoms with van der Waals surface area (Å²) in [4.78, 5) is 1.34. The minimum atomic E-state index is 0.340. The first kappa shape index (κ1) is 11.9. The fourth-order valence-electron chi connectivity index (χ4n) is 1.66. The maximum atomic E-state index is 5.39. The summed E-state index contributed by atoms with van der Waals surface area (Å²) in [7, 11) is 0. The number of hydrogen-bond acceptors (Lipinski definition) is 3. The van der Waals surface area contributed by atoms with Crippen LogP contribution in [0.4, 0.5) is 0 Å². The minimum absolute atomic E-state index is 0.340. The summed E-state index contributed by atoms with van der Waals surface area (Å²) < 4.78 is 6.54. The Morgan fingerprint density at radius 2 is 2.44 bits per heavy atom.